The molecule has 1 saturated heterocycles. The van der Waals surface area contributed by atoms with Crippen molar-refractivity contribution < 1.29 is 18.0 Å². The van der Waals surface area contributed by atoms with Crippen LogP contribution >= 0.6 is 0 Å². The quantitative estimate of drug-likeness (QED) is 0.696. The zero-order valence-electron chi connectivity index (χ0n) is 16.8. The fraction of sp³-hybridized carbons (Fsp3) is 0.600. The van der Waals surface area contributed by atoms with E-state index in [2.05, 4.69) is 5.32 Å². The second-order valence-electron chi connectivity index (χ2n) is 6.95. The van der Waals surface area contributed by atoms with Crippen LogP contribution in [0.3, 0.4) is 0 Å². The van der Waals surface area contributed by atoms with E-state index < -0.39 is 21.8 Å². The molecule has 0 radical (unpaired) electrons. The molecule has 0 spiro atoms. The van der Waals surface area contributed by atoms with E-state index in [1.54, 1.807) is 29.2 Å². The minimum Gasteiger partial charge on any atom is -0.347 e. The van der Waals surface area contributed by atoms with E-state index in [4.69, 9.17) is 0 Å². The van der Waals surface area contributed by atoms with Crippen LogP contribution in [0.5, 0.6) is 0 Å². The van der Waals surface area contributed by atoms with Crippen molar-refractivity contribution in [2.75, 3.05) is 32.7 Å². The average molecular weight is 410 g/mol. The second kappa shape index (κ2) is 10.6. The monoisotopic (exact) mass is 409 g/mol. The molecule has 1 N–H and O–H groups in total. The van der Waals surface area contributed by atoms with Crippen molar-refractivity contribution in [1.82, 2.24) is 14.5 Å². The molecule has 0 unspecified atom stereocenters. The number of benzene rings is 1. The molecule has 2 rings (SSSR count). The molecule has 1 aromatic rings. The van der Waals surface area contributed by atoms with Crippen LogP contribution < -0.4 is 5.32 Å². The Hall–Kier alpha value is -1.93. The minimum absolute atomic E-state index is 0.264. The summed E-state index contributed by atoms with van der Waals surface area (Å²) in [5.41, 5.74) is 0.904. The number of likely N-dealkylation sites (tertiary alicyclic amines) is 1. The summed E-state index contributed by atoms with van der Waals surface area (Å²) < 4.78 is 26.4. The van der Waals surface area contributed by atoms with Crippen molar-refractivity contribution >= 4 is 21.8 Å². The van der Waals surface area contributed by atoms with Crippen molar-refractivity contribution in [2.45, 2.75) is 50.8 Å². The Morgan fingerprint density at radius 2 is 1.57 bits per heavy atom. The summed E-state index contributed by atoms with van der Waals surface area (Å²) in [6.45, 7) is 6.11. The number of nitrogens with zero attached hydrogens (tertiary/aromatic N) is 2. The molecule has 156 valence electrons. The number of amides is 2. The number of carbonyl (C=O) groups is 2. The molecule has 0 saturated carbocycles. The van der Waals surface area contributed by atoms with Crippen LogP contribution in [0.25, 0.3) is 0 Å². The lowest BCUT2D eigenvalue weighted by molar-refractivity contribution is -0.145. The maximum absolute atomic E-state index is 12.5. The third kappa shape index (κ3) is 5.78. The molecular weight excluding hydrogens is 378 g/mol. The Labute approximate surface area is 168 Å². The van der Waals surface area contributed by atoms with E-state index in [9.17, 15) is 18.0 Å². The lowest BCUT2D eigenvalue weighted by atomic mass is 10.1. The van der Waals surface area contributed by atoms with Crippen LogP contribution in [0.2, 0.25) is 0 Å². The SMILES string of the molecule is CCN(CC)S(=O)(=O)c1ccc(CCNC(=O)C(=O)N2CCCCCC2)cc1. The summed E-state index contributed by atoms with van der Waals surface area (Å²) in [5, 5.41) is 2.67. The molecule has 7 nitrogen and oxygen atoms in total. The Morgan fingerprint density at radius 3 is 2.11 bits per heavy atom. The average Bonchev–Trinajstić information content (AvgIpc) is 2.98. The Balaban J connectivity index is 1.86. The summed E-state index contributed by atoms with van der Waals surface area (Å²) in [6.07, 6.45) is 4.63. The largest absolute Gasteiger partial charge is 0.347 e. The smallest absolute Gasteiger partial charge is 0.311 e. The van der Waals surface area contributed by atoms with Crippen LogP contribution in [-0.4, -0.2) is 62.2 Å². The number of carbonyl (C=O) groups excluding carboxylic acids is 2. The maximum Gasteiger partial charge on any atom is 0.311 e. The maximum atomic E-state index is 12.5. The highest BCUT2D eigenvalue weighted by atomic mass is 32.2. The molecule has 1 aromatic carbocycles. The third-order valence-electron chi connectivity index (χ3n) is 5.05. The first-order chi connectivity index (χ1) is 13.4. The highest BCUT2D eigenvalue weighted by molar-refractivity contribution is 7.89. The highest BCUT2D eigenvalue weighted by Crippen LogP contribution is 2.16. The predicted molar refractivity (Wildman–Crippen MR) is 108 cm³/mol. The zero-order chi connectivity index (χ0) is 20.6. The van der Waals surface area contributed by atoms with Crippen molar-refractivity contribution in [1.29, 1.82) is 0 Å². The van der Waals surface area contributed by atoms with Gasteiger partial charge < -0.3 is 10.2 Å². The highest BCUT2D eigenvalue weighted by Gasteiger charge is 2.23. The van der Waals surface area contributed by atoms with Gasteiger partial charge in [-0.15, -0.1) is 0 Å². The standard InChI is InChI=1S/C20H31N3O4S/c1-3-23(4-2)28(26,27)18-11-9-17(10-12-18)13-14-21-19(24)20(25)22-15-7-5-6-8-16-22/h9-12H,3-8,13-16H2,1-2H3,(H,21,24). The normalized spacial score (nSPS) is 15.3. The summed E-state index contributed by atoms with van der Waals surface area (Å²) in [5.74, 6) is -1.02. The Morgan fingerprint density at radius 1 is 1.00 bits per heavy atom. The van der Waals surface area contributed by atoms with Gasteiger partial charge in [-0.05, 0) is 37.0 Å². The van der Waals surface area contributed by atoms with E-state index in [1.807, 2.05) is 13.8 Å². The molecular formula is C20H31N3O4S. The van der Waals surface area contributed by atoms with Crippen LogP contribution in [0.15, 0.2) is 29.2 Å². The van der Waals surface area contributed by atoms with Crippen LogP contribution in [0.4, 0.5) is 0 Å². The van der Waals surface area contributed by atoms with Gasteiger partial charge in [-0.1, -0.05) is 38.8 Å². The summed E-state index contributed by atoms with van der Waals surface area (Å²) in [7, 11) is -3.47. The molecule has 0 atom stereocenters. The molecule has 0 aromatic heterocycles. The molecule has 1 aliphatic heterocycles. The summed E-state index contributed by atoms with van der Waals surface area (Å²) in [4.78, 5) is 26.2. The van der Waals surface area contributed by atoms with Gasteiger partial charge in [0.05, 0.1) is 4.90 Å². The first kappa shape index (κ1) is 22.4. The van der Waals surface area contributed by atoms with Gasteiger partial charge in [-0.3, -0.25) is 9.59 Å². The van der Waals surface area contributed by atoms with Gasteiger partial charge in [0.25, 0.3) is 0 Å². The van der Waals surface area contributed by atoms with Gasteiger partial charge in [-0.25, -0.2) is 8.42 Å². The zero-order valence-corrected chi connectivity index (χ0v) is 17.6. The van der Waals surface area contributed by atoms with Gasteiger partial charge in [0.2, 0.25) is 10.0 Å². The van der Waals surface area contributed by atoms with Crippen molar-refractivity contribution in [3.05, 3.63) is 29.8 Å². The number of hydrogen-bond donors (Lipinski definition) is 1. The molecule has 1 heterocycles. The molecule has 8 heteroatoms. The molecule has 2 amide bonds. The molecule has 0 aliphatic carbocycles. The van der Waals surface area contributed by atoms with Gasteiger partial charge >= 0.3 is 11.8 Å². The lowest BCUT2D eigenvalue weighted by Gasteiger charge is -2.19. The third-order valence-corrected chi connectivity index (χ3v) is 7.12. The molecule has 1 fully saturated rings. The van der Waals surface area contributed by atoms with Crippen molar-refractivity contribution in [3.63, 3.8) is 0 Å². The first-order valence-corrected chi connectivity index (χ1v) is 11.5. The first-order valence-electron chi connectivity index (χ1n) is 10.1. The van der Waals surface area contributed by atoms with Crippen LogP contribution in [-0.2, 0) is 26.0 Å². The number of nitrogens with one attached hydrogen (secondary N) is 1. The summed E-state index contributed by atoms with van der Waals surface area (Å²) >= 11 is 0. The molecule has 1 aliphatic rings. The van der Waals surface area contributed by atoms with Crippen LogP contribution in [0.1, 0.15) is 45.1 Å². The Kier molecular flexibility index (Phi) is 8.44. The number of sulfonamides is 1. The van der Waals surface area contributed by atoms with Crippen molar-refractivity contribution in [2.24, 2.45) is 0 Å². The fourth-order valence-corrected chi connectivity index (χ4v) is 4.81. The Bertz CT molecular complexity index is 750. The number of hydrogen-bond acceptors (Lipinski definition) is 4. The molecule has 28 heavy (non-hydrogen) atoms. The van der Waals surface area contributed by atoms with E-state index in [0.717, 1.165) is 31.2 Å². The summed E-state index contributed by atoms with van der Waals surface area (Å²) in [6, 6.07) is 6.68. The van der Waals surface area contributed by atoms with E-state index in [-0.39, 0.29) is 4.90 Å². The predicted octanol–water partition coefficient (Wildman–Crippen LogP) is 1.78. The van der Waals surface area contributed by atoms with Gasteiger partial charge in [0.15, 0.2) is 0 Å². The van der Waals surface area contributed by atoms with Gasteiger partial charge in [0.1, 0.15) is 0 Å². The van der Waals surface area contributed by atoms with Crippen LogP contribution in [0, 0.1) is 0 Å². The van der Waals surface area contributed by atoms with Crippen molar-refractivity contribution in [3.8, 4) is 0 Å². The lowest BCUT2D eigenvalue weighted by Crippen LogP contribution is -2.43. The second-order valence-corrected chi connectivity index (χ2v) is 8.88. The van der Waals surface area contributed by atoms with E-state index in [0.29, 0.717) is 39.1 Å². The topological polar surface area (TPSA) is 86.8 Å². The fourth-order valence-electron chi connectivity index (χ4n) is 3.35. The van der Waals surface area contributed by atoms with Gasteiger partial charge in [-0.2, -0.15) is 4.31 Å². The minimum atomic E-state index is -3.47. The van der Waals surface area contributed by atoms with Gasteiger partial charge in [0, 0.05) is 32.7 Å². The van der Waals surface area contributed by atoms with E-state index in [1.165, 1.54) is 4.31 Å². The number of rotatable bonds is 7. The molecule has 0 bridgehead atoms. The van der Waals surface area contributed by atoms with E-state index >= 15 is 0 Å².